The zero-order valence-electron chi connectivity index (χ0n) is 11.4. The van der Waals surface area contributed by atoms with Crippen molar-refractivity contribution >= 4 is 11.8 Å². The largest absolute Gasteiger partial charge is 0.508 e. The third-order valence-electron chi connectivity index (χ3n) is 2.55. The number of benzene rings is 3. The third kappa shape index (κ3) is 5.63. The monoisotopic (exact) mass is 296 g/mol. The second-order valence-corrected chi connectivity index (χ2v) is 5.39. The number of aromatic hydroxyl groups is 2. The molecular formula is C18H16O2S. The van der Waals surface area contributed by atoms with E-state index in [2.05, 4.69) is 48.5 Å². The summed E-state index contributed by atoms with van der Waals surface area (Å²) >= 11 is 1.79. The highest BCUT2D eigenvalue weighted by Crippen LogP contribution is 2.26. The van der Waals surface area contributed by atoms with E-state index in [0.29, 0.717) is 0 Å². The van der Waals surface area contributed by atoms with Gasteiger partial charge in [0.05, 0.1) is 0 Å². The van der Waals surface area contributed by atoms with Crippen LogP contribution in [0.25, 0.3) is 0 Å². The molecule has 0 atom stereocenters. The second-order valence-electron chi connectivity index (χ2n) is 4.25. The highest BCUT2D eigenvalue weighted by Gasteiger charge is 1.93. The number of hydrogen-bond donors (Lipinski definition) is 2. The Morgan fingerprint density at radius 3 is 1.29 bits per heavy atom. The van der Waals surface area contributed by atoms with Gasteiger partial charge in [0, 0.05) is 15.9 Å². The first-order chi connectivity index (χ1) is 10.2. The van der Waals surface area contributed by atoms with Gasteiger partial charge in [-0.3, -0.25) is 0 Å². The number of hydrogen-bond acceptors (Lipinski definition) is 3. The topological polar surface area (TPSA) is 40.5 Å². The Bertz CT molecular complexity index is 600. The fraction of sp³-hybridized carbons (Fsp3) is 0. The van der Waals surface area contributed by atoms with E-state index in [1.54, 1.807) is 17.8 Å². The maximum Gasteiger partial charge on any atom is 0.119 e. The van der Waals surface area contributed by atoms with Crippen LogP contribution in [0, 0.1) is 0 Å². The Morgan fingerprint density at radius 1 is 0.524 bits per heavy atom. The zero-order valence-corrected chi connectivity index (χ0v) is 12.2. The highest BCUT2D eigenvalue weighted by atomic mass is 32.2. The Hall–Kier alpha value is -2.39. The third-order valence-corrected chi connectivity index (χ3v) is 3.57. The van der Waals surface area contributed by atoms with E-state index < -0.39 is 0 Å². The van der Waals surface area contributed by atoms with Crippen molar-refractivity contribution in [1.29, 1.82) is 0 Å². The summed E-state index contributed by atoms with van der Waals surface area (Å²) < 4.78 is 0. The molecule has 0 aliphatic heterocycles. The van der Waals surface area contributed by atoms with Gasteiger partial charge in [0.2, 0.25) is 0 Å². The Kier molecular flexibility index (Phi) is 5.73. The number of phenols is 2. The van der Waals surface area contributed by atoms with Gasteiger partial charge in [0.15, 0.2) is 0 Å². The van der Waals surface area contributed by atoms with E-state index in [9.17, 15) is 0 Å². The summed E-state index contributed by atoms with van der Waals surface area (Å²) in [6, 6.07) is 26.7. The summed E-state index contributed by atoms with van der Waals surface area (Å²) in [5, 5.41) is 17.3. The van der Waals surface area contributed by atoms with Crippen LogP contribution in [-0.2, 0) is 0 Å². The summed E-state index contributed by atoms with van der Waals surface area (Å²) in [6.45, 7) is 0. The first-order valence-electron chi connectivity index (χ1n) is 6.50. The van der Waals surface area contributed by atoms with Crippen molar-refractivity contribution in [3.63, 3.8) is 0 Å². The van der Waals surface area contributed by atoms with E-state index in [1.165, 1.54) is 28.0 Å². The SMILES string of the molecule is Oc1cccc(O)c1.c1ccc(Sc2ccccc2)cc1. The molecule has 106 valence electrons. The fourth-order valence-corrected chi connectivity index (χ4v) is 2.46. The van der Waals surface area contributed by atoms with E-state index in [1.807, 2.05) is 12.1 Å². The van der Waals surface area contributed by atoms with Crippen molar-refractivity contribution in [2.24, 2.45) is 0 Å². The molecule has 3 rings (SSSR count). The Labute approximate surface area is 128 Å². The predicted octanol–water partition coefficient (Wildman–Crippen LogP) is 4.94. The molecule has 0 spiro atoms. The van der Waals surface area contributed by atoms with Crippen molar-refractivity contribution in [1.82, 2.24) is 0 Å². The lowest BCUT2D eigenvalue weighted by Crippen LogP contribution is -1.70. The van der Waals surface area contributed by atoms with Gasteiger partial charge in [-0.05, 0) is 36.4 Å². The van der Waals surface area contributed by atoms with Crippen LogP contribution in [0.1, 0.15) is 0 Å². The zero-order chi connectivity index (χ0) is 14.9. The molecular weight excluding hydrogens is 280 g/mol. The lowest BCUT2D eigenvalue weighted by Gasteiger charge is -1.99. The fourth-order valence-electron chi connectivity index (χ4n) is 1.61. The van der Waals surface area contributed by atoms with Crippen LogP contribution in [0.15, 0.2) is 94.7 Å². The molecule has 21 heavy (non-hydrogen) atoms. The molecule has 0 heterocycles. The minimum atomic E-state index is 0.0880. The summed E-state index contributed by atoms with van der Waals surface area (Å²) in [5.41, 5.74) is 0. The van der Waals surface area contributed by atoms with Crippen LogP contribution in [0.4, 0.5) is 0 Å². The molecule has 2 N–H and O–H groups in total. The summed E-state index contributed by atoms with van der Waals surface area (Å²) in [5.74, 6) is 0.176. The molecule has 0 saturated carbocycles. The first kappa shape index (κ1) is 15.0. The van der Waals surface area contributed by atoms with Crippen LogP contribution >= 0.6 is 11.8 Å². The molecule has 0 aliphatic carbocycles. The average molecular weight is 296 g/mol. The van der Waals surface area contributed by atoms with Gasteiger partial charge in [0.25, 0.3) is 0 Å². The molecule has 0 saturated heterocycles. The van der Waals surface area contributed by atoms with Crippen molar-refractivity contribution in [2.45, 2.75) is 9.79 Å². The maximum atomic E-state index is 8.65. The van der Waals surface area contributed by atoms with E-state index >= 15 is 0 Å². The number of rotatable bonds is 2. The summed E-state index contributed by atoms with van der Waals surface area (Å²) in [4.78, 5) is 2.57. The summed E-state index contributed by atoms with van der Waals surface area (Å²) in [7, 11) is 0. The van der Waals surface area contributed by atoms with Crippen molar-refractivity contribution in [3.05, 3.63) is 84.9 Å². The van der Waals surface area contributed by atoms with Gasteiger partial charge >= 0.3 is 0 Å². The van der Waals surface area contributed by atoms with Gasteiger partial charge in [-0.15, -0.1) is 0 Å². The normalized spacial score (nSPS) is 9.52. The molecule has 0 amide bonds. The van der Waals surface area contributed by atoms with Crippen LogP contribution in [0.2, 0.25) is 0 Å². The standard InChI is InChI=1S/C12H10S.C6H6O2/c1-3-7-11(8-4-1)13-12-9-5-2-6-10-12;7-5-2-1-3-6(8)4-5/h1-10H;1-4,7-8H. The molecule has 0 fully saturated rings. The van der Waals surface area contributed by atoms with Gasteiger partial charge in [0.1, 0.15) is 11.5 Å². The Balaban J connectivity index is 0.000000173. The van der Waals surface area contributed by atoms with E-state index in [4.69, 9.17) is 10.2 Å². The minimum Gasteiger partial charge on any atom is -0.508 e. The highest BCUT2D eigenvalue weighted by molar-refractivity contribution is 7.99. The first-order valence-corrected chi connectivity index (χ1v) is 7.31. The second kappa shape index (κ2) is 8.02. The number of phenolic OH excluding ortho intramolecular Hbond substituents is 2. The molecule has 0 radical (unpaired) electrons. The van der Waals surface area contributed by atoms with Gasteiger partial charge in [-0.2, -0.15) is 0 Å². The summed E-state index contributed by atoms with van der Waals surface area (Å²) in [6.07, 6.45) is 0. The van der Waals surface area contributed by atoms with E-state index in [0.717, 1.165) is 0 Å². The molecule has 0 bridgehead atoms. The molecule has 2 nitrogen and oxygen atoms in total. The van der Waals surface area contributed by atoms with E-state index in [-0.39, 0.29) is 11.5 Å². The van der Waals surface area contributed by atoms with Gasteiger partial charge in [-0.1, -0.05) is 54.2 Å². The quantitative estimate of drug-likeness (QED) is 0.704. The van der Waals surface area contributed by atoms with Gasteiger partial charge in [-0.25, -0.2) is 0 Å². The van der Waals surface area contributed by atoms with Crippen LogP contribution in [-0.4, -0.2) is 10.2 Å². The molecule has 0 aromatic heterocycles. The molecule has 3 aromatic rings. The van der Waals surface area contributed by atoms with Gasteiger partial charge < -0.3 is 10.2 Å². The Morgan fingerprint density at radius 2 is 0.952 bits per heavy atom. The smallest absolute Gasteiger partial charge is 0.119 e. The minimum absolute atomic E-state index is 0.0880. The van der Waals surface area contributed by atoms with Crippen molar-refractivity contribution in [2.75, 3.05) is 0 Å². The lowest BCUT2D eigenvalue weighted by molar-refractivity contribution is 0.450. The molecule has 0 aliphatic rings. The van der Waals surface area contributed by atoms with Crippen LogP contribution < -0.4 is 0 Å². The molecule has 3 heteroatoms. The maximum absolute atomic E-state index is 8.65. The van der Waals surface area contributed by atoms with Crippen molar-refractivity contribution in [3.8, 4) is 11.5 Å². The van der Waals surface area contributed by atoms with Crippen molar-refractivity contribution < 1.29 is 10.2 Å². The molecule has 0 unspecified atom stereocenters. The lowest BCUT2D eigenvalue weighted by atomic mass is 10.3. The van der Waals surface area contributed by atoms with Crippen LogP contribution in [0.5, 0.6) is 11.5 Å². The average Bonchev–Trinajstić information content (AvgIpc) is 2.50. The molecule has 3 aromatic carbocycles. The predicted molar refractivity (Wildman–Crippen MR) is 86.8 cm³/mol. The van der Waals surface area contributed by atoms with Crippen LogP contribution in [0.3, 0.4) is 0 Å².